The molecule has 1 atom stereocenters. The van der Waals surface area contributed by atoms with Gasteiger partial charge in [-0.25, -0.2) is 8.78 Å². The first-order chi connectivity index (χ1) is 9.10. The van der Waals surface area contributed by atoms with Crippen LogP contribution in [0.15, 0.2) is 42.5 Å². The number of rotatable bonds is 4. The van der Waals surface area contributed by atoms with Gasteiger partial charge in [-0.2, -0.15) is 0 Å². The molecule has 19 heavy (non-hydrogen) atoms. The maximum absolute atomic E-state index is 13.2. The Morgan fingerprint density at radius 3 is 2.32 bits per heavy atom. The Bertz CT molecular complexity index is 546. The van der Waals surface area contributed by atoms with Crippen LogP contribution in [-0.2, 0) is 6.42 Å². The molecule has 0 saturated carbocycles. The lowest BCUT2D eigenvalue weighted by atomic mass is 9.97. The van der Waals surface area contributed by atoms with Crippen LogP contribution in [0.4, 0.5) is 8.78 Å². The van der Waals surface area contributed by atoms with Gasteiger partial charge in [0.2, 0.25) is 0 Å². The molecule has 1 unspecified atom stereocenters. The minimum Gasteiger partial charge on any atom is -0.320 e. The summed E-state index contributed by atoms with van der Waals surface area (Å²) in [4.78, 5) is 0. The summed E-state index contributed by atoms with van der Waals surface area (Å²) in [5, 5.41) is 0. The van der Waals surface area contributed by atoms with Crippen molar-refractivity contribution in [1.29, 1.82) is 0 Å². The Labute approximate surface area is 112 Å². The molecule has 2 rings (SSSR count). The van der Waals surface area contributed by atoms with E-state index in [0.29, 0.717) is 5.56 Å². The van der Waals surface area contributed by atoms with Crippen molar-refractivity contribution in [2.45, 2.75) is 25.8 Å². The average molecular weight is 261 g/mol. The molecule has 1 nitrogen and oxygen atoms in total. The van der Waals surface area contributed by atoms with Crippen molar-refractivity contribution in [2.75, 3.05) is 0 Å². The minimum absolute atomic E-state index is 0.450. The predicted octanol–water partition coefficient (Wildman–Crippen LogP) is 3.97. The molecule has 100 valence electrons. The summed E-state index contributed by atoms with van der Waals surface area (Å²) in [7, 11) is 0. The topological polar surface area (TPSA) is 26.0 Å². The summed E-state index contributed by atoms with van der Waals surface area (Å²) < 4.78 is 26.4. The van der Waals surface area contributed by atoms with E-state index in [9.17, 15) is 8.78 Å². The van der Waals surface area contributed by atoms with Crippen LogP contribution in [0, 0.1) is 11.6 Å². The third kappa shape index (κ3) is 3.38. The standard InChI is InChI=1S/C16H17F2N/c1-2-4-11-5-3-6-12(7-11)16(19)13-8-14(17)10-15(18)9-13/h3,5-10,16H,2,4,19H2,1H3. The lowest BCUT2D eigenvalue weighted by molar-refractivity contribution is 0.577. The lowest BCUT2D eigenvalue weighted by Crippen LogP contribution is -2.12. The van der Waals surface area contributed by atoms with Gasteiger partial charge >= 0.3 is 0 Å². The van der Waals surface area contributed by atoms with Crippen molar-refractivity contribution in [1.82, 2.24) is 0 Å². The largest absolute Gasteiger partial charge is 0.320 e. The molecule has 3 heteroatoms. The molecule has 2 N–H and O–H groups in total. The van der Waals surface area contributed by atoms with Gasteiger partial charge < -0.3 is 5.73 Å². The van der Waals surface area contributed by atoms with Crippen LogP contribution < -0.4 is 5.73 Å². The van der Waals surface area contributed by atoms with Crippen molar-refractivity contribution < 1.29 is 8.78 Å². The second-order valence-electron chi connectivity index (χ2n) is 4.68. The number of nitrogens with two attached hydrogens (primary N) is 1. The van der Waals surface area contributed by atoms with E-state index in [4.69, 9.17) is 5.73 Å². The molecule has 0 saturated heterocycles. The highest BCUT2D eigenvalue weighted by Gasteiger charge is 2.11. The van der Waals surface area contributed by atoms with Crippen molar-refractivity contribution in [2.24, 2.45) is 5.73 Å². The first-order valence-corrected chi connectivity index (χ1v) is 6.40. The zero-order valence-corrected chi connectivity index (χ0v) is 10.9. The second-order valence-corrected chi connectivity index (χ2v) is 4.68. The van der Waals surface area contributed by atoms with Gasteiger partial charge in [-0.1, -0.05) is 37.6 Å². The van der Waals surface area contributed by atoms with Crippen LogP contribution in [0.3, 0.4) is 0 Å². The van der Waals surface area contributed by atoms with Gasteiger partial charge in [0.15, 0.2) is 0 Å². The van der Waals surface area contributed by atoms with Gasteiger partial charge in [0.25, 0.3) is 0 Å². The van der Waals surface area contributed by atoms with Crippen LogP contribution >= 0.6 is 0 Å². The molecule has 0 aliphatic carbocycles. The summed E-state index contributed by atoms with van der Waals surface area (Å²) in [6.45, 7) is 2.11. The summed E-state index contributed by atoms with van der Waals surface area (Å²) in [5.41, 5.74) is 8.59. The third-order valence-electron chi connectivity index (χ3n) is 3.09. The minimum atomic E-state index is -0.602. The van der Waals surface area contributed by atoms with E-state index in [1.807, 2.05) is 24.3 Å². The maximum Gasteiger partial charge on any atom is 0.126 e. The highest BCUT2D eigenvalue weighted by atomic mass is 19.1. The molecular weight excluding hydrogens is 244 g/mol. The molecule has 0 radical (unpaired) electrons. The summed E-state index contributed by atoms with van der Waals surface area (Å²) >= 11 is 0. The summed E-state index contributed by atoms with van der Waals surface area (Å²) in [5.74, 6) is -1.20. The third-order valence-corrected chi connectivity index (χ3v) is 3.09. The molecule has 0 fully saturated rings. The Morgan fingerprint density at radius 2 is 1.68 bits per heavy atom. The summed E-state index contributed by atoms with van der Waals surface area (Å²) in [6.07, 6.45) is 2.02. The zero-order valence-electron chi connectivity index (χ0n) is 10.9. The van der Waals surface area contributed by atoms with Crippen molar-refractivity contribution in [3.8, 4) is 0 Å². The molecular formula is C16H17F2N. The quantitative estimate of drug-likeness (QED) is 0.885. The van der Waals surface area contributed by atoms with Gasteiger partial charge in [-0.15, -0.1) is 0 Å². The fraction of sp³-hybridized carbons (Fsp3) is 0.250. The fourth-order valence-electron chi connectivity index (χ4n) is 2.18. The van der Waals surface area contributed by atoms with Crippen molar-refractivity contribution >= 4 is 0 Å². The van der Waals surface area contributed by atoms with Crippen LogP contribution in [0.25, 0.3) is 0 Å². The van der Waals surface area contributed by atoms with Gasteiger partial charge in [-0.05, 0) is 35.2 Å². The molecule has 0 heterocycles. The Hall–Kier alpha value is -1.74. The summed E-state index contributed by atoms with van der Waals surface area (Å²) in [6, 6.07) is 10.7. The normalized spacial score (nSPS) is 12.4. The van der Waals surface area contributed by atoms with E-state index in [-0.39, 0.29) is 0 Å². The van der Waals surface area contributed by atoms with Gasteiger partial charge in [0.05, 0.1) is 6.04 Å². The smallest absolute Gasteiger partial charge is 0.126 e. The second kappa shape index (κ2) is 5.93. The zero-order chi connectivity index (χ0) is 13.8. The van der Waals surface area contributed by atoms with Crippen molar-refractivity contribution in [3.05, 3.63) is 70.8 Å². The SMILES string of the molecule is CCCc1cccc(C(N)c2cc(F)cc(F)c2)c1. The number of benzene rings is 2. The van der Waals surface area contributed by atoms with Crippen LogP contribution in [-0.4, -0.2) is 0 Å². The number of aryl methyl sites for hydroxylation is 1. The Balaban J connectivity index is 2.32. The van der Waals surface area contributed by atoms with E-state index in [2.05, 4.69) is 6.92 Å². The fourth-order valence-corrected chi connectivity index (χ4v) is 2.18. The number of halogens is 2. The number of hydrogen-bond donors (Lipinski definition) is 1. The average Bonchev–Trinajstić information content (AvgIpc) is 2.37. The van der Waals surface area contributed by atoms with Crippen LogP contribution in [0.5, 0.6) is 0 Å². The van der Waals surface area contributed by atoms with Gasteiger partial charge in [0.1, 0.15) is 11.6 Å². The van der Waals surface area contributed by atoms with Crippen LogP contribution in [0.1, 0.15) is 36.1 Å². The number of hydrogen-bond acceptors (Lipinski definition) is 1. The van der Waals surface area contributed by atoms with E-state index >= 15 is 0 Å². The molecule has 0 spiro atoms. The lowest BCUT2D eigenvalue weighted by Gasteiger charge is -2.14. The Morgan fingerprint density at radius 1 is 1.00 bits per heavy atom. The monoisotopic (exact) mass is 261 g/mol. The molecule has 2 aromatic rings. The molecule has 0 bridgehead atoms. The predicted molar refractivity (Wildman–Crippen MR) is 72.8 cm³/mol. The molecule has 0 aromatic heterocycles. The van der Waals surface area contributed by atoms with E-state index in [1.165, 1.54) is 17.7 Å². The highest BCUT2D eigenvalue weighted by molar-refractivity contribution is 5.34. The molecule has 0 aliphatic rings. The Kier molecular flexibility index (Phi) is 4.27. The van der Waals surface area contributed by atoms with E-state index in [1.54, 1.807) is 0 Å². The van der Waals surface area contributed by atoms with Gasteiger partial charge in [0, 0.05) is 6.07 Å². The van der Waals surface area contributed by atoms with Crippen LogP contribution in [0.2, 0.25) is 0 Å². The molecule has 2 aromatic carbocycles. The van der Waals surface area contributed by atoms with Crippen molar-refractivity contribution in [3.63, 3.8) is 0 Å². The van der Waals surface area contributed by atoms with E-state index < -0.39 is 17.7 Å². The van der Waals surface area contributed by atoms with Gasteiger partial charge in [-0.3, -0.25) is 0 Å². The highest BCUT2D eigenvalue weighted by Crippen LogP contribution is 2.22. The van der Waals surface area contributed by atoms with E-state index in [0.717, 1.165) is 24.5 Å². The molecule has 0 amide bonds. The maximum atomic E-state index is 13.2. The molecule has 0 aliphatic heterocycles. The first-order valence-electron chi connectivity index (χ1n) is 6.40. The first kappa shape index (κ1) is 13.7.